The highest BCUT2D eigenvalue weighted by Crippen LogP contribution is 2.40. The van der Waals surface area contributed by atoms with Gasteiger partial charge >= 0.3 is 13.5 Å². The normalized spacial score (nSPS) is 27.0. The van der Waals surface area contributed by atoms with Crippen molar-refractivity contribution in [1.82, 2.24) is 9.55 Å². The standard InChI is InChI=1S/C9H12FN2O9P/c10-3-2-12(9(16)11-7(3)14)5-1-4(13)6(20-5)8(15)21-22(17,18)19/h2,4-6,8,13,15H,1H2,(H,11,14,16)(H2,17,18,19)/t4?,5-,6+,8?/m0/s1. The van der Waals surface area contributed by atoms with Crippen LogP contribution in [0.2, 0.25) is 0 Å². The lowest BCUT2D eigenvalue weighted by atomic mass is 10.2. The largest absolute Gasteiger partial charge is 0.472 e. The van der Waals surface area contributed by atoms with Crippen LogP contribution in [0.5, 0.6) is 0 Å². The number of aliphatic hydroxyl groups is 2. The number of hydrogen-bond donors (Lipinski definition) is 5. The first kappa shape index (κ1) is 17.0. The van der Waals surface area contributed by atoms with Gasteiger partial charge in [-0.15, -0.1) is 0 Å². The number of nitrogens with one attached hydrogen (secondary N) is 1. The number of ether oxygens (including phenoxy) is 1. The molecule has 0 aliphatic carbocycles. The maximum Gasteiger partial charge on any atom is 0.472 e. The molecule has 1 fully saturated rings. The molecule has 11 nitrogen and oxygen atoms in total. The minimum Gasteiger partial charge on any atom is -0.390 e. The first-order valence-electron chi connectivity index (χ1n) is 5.85. The van der Waals surface area contributed by atoms with Gasteiger partial charge in [-0.3, -0.25) is 18.9 Å². The maximum atomic E-state index is 13.2. The van der Waals surface area contributed by atoms with Crippen molar-refractivity contribution < 1.29 is 38.2 Å². The number of aromatic amines is 1. The number of aromatic nitrogens is 2. The maximum absolute atomic E-state index is 13.2. The quantitative estimate of drug-likeness (QED) is 0.299. The molecule has 0 saturated carbocycles. The van der Waals surface area contributed by atoms with Gasteiger partial charge in [-0.25, -0.2) is 9.36 Å². The summed E-state index contributed by atoms with van der Waals surface area (Å²) < 4.78 is 33.5. The SMILES string of the molecule is O=c1[nH]c(=O)n([C@@H]2CC(O)[C@H](C(O)OP(=O)(O)O)O2)cc1F. The molecule has 0 aromatic carbocycles. The van der Waals surface area contributed by atoms with Crippen molar-refractivity contribution >= 4 is 7.82 Å². The van der Waals surface area contributed by atoms with Gasteiger partial charge < -0.3 is 24.7 Å². The van der Waals surface area contributed by atoms with Crippen molar-refractivity contribution in [1.29, 1.82) is 0 Å². The summed E-state index contributed by atoms with van der Waals surface area (Å²) in [5.74, 6) is -1.27. The number of rotatable bonds is 4. The summed E-state index contributed by atoms with van der Waals surface area (Å²) in [5.41, 5.74) is -2.25. The summed E-state index contributed by atoms with van der Waals surface area (Å²) in [7, 11) is -5.03. The van der Waals surface area contributed by atoms with Crippen molar-refractivity contribution in [3.8, 4) is 0 Å². The molecule has 2 heterocycles. The van der Waals surface area contributed by atoms with E-state index in [1.54, 1.807) is 4.98 Å². The van der Waals surface area contributed by atoms with E-state index in [1.165, 1.54) is 0 Å². The fourth-order valence-corrected chi connectivity index (χ4v) is 2.38. The van der Waals surface area contributed by atoms with E-state index in [0.29, 0.717) is 10.8 Å². The van der Waals surface area contributed by atoms with Gasteiger partial charge in [-0.2, -0.15) is 4.39 Å². The Morgan fingerprint density at radius 1 is 1.50 bits per heavy atom. The lowest BCUT2D eigenvalue weighted by molar-refractivity contribution is -0.161. The summed E-state index contributed by atoms with van der Waals surface area (Å²) in [6.07, 6.45) is -6.24. The van der Waals surface area contributed by atoms with E-state index in [4.69, 9.17) is 14.5 Å². The summed E-state index contributed by atoms with van der Waals surface area (Å²) in [4.78, 5) is 41.3. The molecule has 0 amide bonds. The minimum absolute atomic E-state index is 0.308. The first-order chi connectivity index (χ1) is 10.1. The molecule has 124 valence electrons. The second-order valence-electron chi connectivity index (χ2n) is 4.49. The molecule has 0 radical (unpaired) electrons. The number of halogens is 1. The molecule has 1 aromatic rings. The molecule has 1 aliphatic rings. The summed E-state index contributed by atoms with van der Waals surface area (Å²) >= 11 is 0. The summed E-state index contributed by atoms with van der Waals surface area (Å²) in [6, 6.07) is 0. The lowest BCUT2D eigenvalue weighted by Crippen LogP contribution is -2.36. The van der Waals surface area contributed by atoms with Gasteiger partial charge in [0.05, 0.1) is 12.3 Å². The minimum atomic E-state index is -5.03. The van der Waals surface area contributed by atoms with Crippen LogP contribution in [-0.2, 0) is 13.8 Å². The zero-order valence-corrected chi connectivity index (χ0v) is 11.6. The molecular weight excluding hydrogens is 330 g/mol. The van der Waals surface area contributed by atoms with Gasteiger partial charge in [0.1, 0.15) is 12.3 Å². The molecule has 2 unspecified atom stereocenters. The Kier molecular flexibility index (Phi) is 4.63. The lowest BCUT2D eigenvalue weighted by Gasteiger charge is -2.21. The van der Waals surface area contributed by atoms with Crippen molar-refractivity contribution in [3.63, 3.8) is 0 Å². The molecule has 1 aromatic heterocycles. The molecule has 13 heteroatoms. The van der Waals surface area contributed by atoms with Crippen LogP contribution in [0.15, 0.2) is 15.8 Å². The highest BCUT2D eigenvalue weighted by Gasteiger charge is 2.42. The second kappa shape index (κ2) is 6.01. The van der Waals surface area contributed by atoms with Crippen LogP contribution >= 0.6 is 7.82 Å². The van der Waals surface area contributed by atoms with Crippen LogP contribution in [0, 0.1) is 5.82 Å². The van der Waals surface area contributed by atoms with Crippen LogP contribution in [0.4, 0.5) is 4.39 Å². The third-order valence-electron chi connectivity index (χ3n) is 2.90. The number of phosphoric ester groups is 1. The topological polar surface area (TPSA) is 171 Å². The average Bonchev–Trinajstić information content (AvgIpc) is 2.73. The summed E-state index contributed by atoms with van der Waals surface area (Å²) in [5, 5.41) is 19.2. The Hall–Kier alpha value is -1.40. The van der Waals surface area contributed by atoms with E-state index < -0.39 is 49.6 Å². The monoisotopic (exact) mass is 342 g/mol. The van der Waals surface area contributed by atoms with E-state index in [2.05, 4.69) is 4.52 Å². The first-order valence-corrected chi connectivity index (χ1v) is 7.38. The Morgan fingerprint density at radius 3 is 2.73 bits per heavy atom. The number of nitrogens with zero attached hydrogens (tertiary/aromatic N) is 1. The fourth-order valence-electron chi connectivity index (χ4n) is 1.98. The van der Waals surface area contributed by atoms with Crippen LogP contribution in [0.1, 0.15) is 12.6 Å². The Balaban J connectivity index is 2.21. The van der Waals surface area contributed by atoms with E-state index in [9.17, 15) is 28.8 Å². The van der Waals surface area contributed by atoms with Gasteiger partial charge in [-0.1, -0.05) is 0 Å². The zero-order valence-electron chi connectivity index (χ0n) is 10.7. The second-order valence-corrected chi connectivity index (χ2v) is 5.68. The summed E-state index contributed by atoms with van der Waals surface area (Å²) in [6.45, 7) is 0. The van der Waals surface area contributed by atoms with Crippen molar-refractivity contribution in [3.05, 3.63) is 32.9 Å². The van der Waals surface area contributed by atoms with E-state index in [1.807, 2.05) is 0 Å². The van der Waals surface area contributed by atoms with Gasteiger partial charge in [0.2, 0.25) is 5.82 Å². The highest BCUT2D eigenvalue weighted by atomic mass is 31.2. The Morgan fingerprint density at radius 2 is 2.14 bits per heavy atom. The van der Waals surface area contributed by atoms with Crippen LogP contribution < -0.4 is 11.2 Å². The molecule has 1 aliphatic heterocycles. The third-order valence-corrected chi connectivity index (χ3v) is 3.39. The number of phosphoric acid groups is 1. The van der Waals surface area contributed by atoms with Gasteiger partial charge in [0.15, 0.2) is 6.29 Å². The van der Waals surface area contributed by atoms with Crippen LogP contribution in [-0.4, -0.2) is 48.0 Å². The predicted octanol–water partition coefficient (Wildman–Crippen LogP) is -2.25. The smallest absolute Gasteiger partial charge is 0.390 e. The van der Waals surface area contributed by atoms with E-state index >= 15 is 0 Å². The van der Waals surface area contributed by atoms with Gasteiger partial charge in [-0.05, 0) is 0 Å². The van der Waals surface area contributed by atoms with Crippen LogP contribution in [0.3, 0.4) is 0 Å². The molecule has 1 saturated heterocycles. The van der Waals surface area contributed by atoms with Gasteiger partial charge in [0, 0.05) is 6.42 Å². The zero-order chi connectivity index (χ0) is 16.7. The molecule has 2 rings (SSSR count). The molecule has 22 heavy (non-hydrogen) atoms. The van der Waals surface area contributed by atoms with E-state index in [-0.39, 0.29) is 6.42 Å². The molecule has 0 bridgehead atoms. The molecule has 5 N–H and O–H groups in total. The Bertz CT molecular complexity index is 712. The van der Waals surface area contributed by atoms with Crippen LogP contribution in [0.25, 0.3) is 0 Å². The van der Waals surface area contributed by atoms with Crippen molar-refractivity contribution in [2.24, 2.45) is 0 Å². The number of aliphatic hydroxyl groups excluding tert-OH is 2. The number of hydrogen-bond acceptors (Lipinski definition) is 7. The average molecular weight is 342 g/mol. The molecule has 0 spiro atoms. The molecule has 4 atom stereocenters. The third kappa shape index (κ3) is 3.67. The predicted molar refractivity (Wildman–Crippen MR) is 65.0 cm³/mol. The Labute approximate surface area is 120 Å². The highest BCUT2D eigenvalue weighted by molar-refractivity contribution is 7.46. The fraction of sp³-hybridized carbons (Fsp3) is 0.556. The van der Waals surface area contributed by atoms with Crippen molar-refractivity contribution in [2.45, 2.75) is 31.1 Å². The van der Waals surface area contributed by atoms with Crippen molar-refractivity contribution in [2.75, 3.05) is 0 Å². The molecular formula is C9H12FN2O9P. The number of H-pyrrole nitrogens is 1. The van der Waals surface area contributed by atoms with E-state index in [0.717, 1.165) is 0 Å². The van der Waals surface area contributed by atoms with Gasteiger partial charge in [0.25, 0.3) is 5.56 Å².